The van der Waals surface area contributed by atoms with E-state index in [-0.39, 0.29) is 26.1 Å². The summed E-state index contributed by atoms with van der Waals surface area (Å²) in [5, 5.41) is 4.96. The first-order chi connectivity index (χ1) is 6.93. The third-order valence-corrected chi connectivity index (χ3v) is 3.13. The Hall–Kier alpha value is -0.700. The van der Waals surface area contributed by atoms with Crippen LogP contribution in [0.1, 0.15) is 6.42 Å². The van der Waals surface area contributed by atoms with Crippen molar-refractivity contribution in [2.45, 2.75) is 12.5 Å². The molecule has 0 aromatic heterocycles. The first kappa shape index (κ1) is 12.4. The Morgan fingerprint density at radius 2 is 2.33 bits per heavy atom. The molecule has 0 amide bonds. The van der Waals surface area contributed by atoms with Gasteiger partial charge in [0.25, 0.3) is 10.2 Å². The fourth-order valence-corrected chi connectivity index (χ4v) is 2.02. The van der Waals surface area contributed by atoms with E-state index < -0.39 is 22.3 Å². The third kappa shape index (κ3) is 3.74. The summed E-state index contributed by atoms with van der Waals surface area (Å²) in [6.07, 6.45) is -0.452. The number of ether oxygens (including phenoxy) is 2. The quantitative estimate of drug-likeness (QED) is 0.600. The lowest BCUT2D eigenvalue weighted by Crippen LogP contribution is -2.48. The van der Waals surface area contributed by atoms with Gasteiger partial charge in [-0.15, -0.1) is 0 Å². The Kier molecular flexibility index (Phi) is 4.03. The van der Waals surface area contributed by atoms with Crippen molar-refractivity contribution in [2.24, 2.45) is 5.14 Å². The van der Waals surface area contributed by atoms with Crippen molar-refractivity contribution in [3.63, 3.8) is 0 Å². The maximum Gasteiger partial charge on any atom is 0.308 e. The third-order valence-electron chi connectivity index (χ3n) is 2.08. The number of nitrogens with two attached hydrogens (primary N) is 1. The first-order valence-electron chi connectivity index (χ1n) is 4.39. The molecule has 0 spiro atoms. The molecule has 1 unspecified atom stereocenters. The molecule has 0 aromatic carbocycles. The number of morpholine rings is 1. The van der Waals surface area contributed by atoms with Crippen LogP contribution in [-0.2, 0) is 24.5 Å². The highest BCUT2D eigenvalue weighted by Gasteiger charge is 2.28. The summed E-state index contributed by atoms with van der Waals surface area (Å²) < 4.78 is 32.8. The summed E-state index contributed by atoms with van der Waals surface area (Å²) in [7, 11) is -2.43. The van der Waals surface area contributed by atoms with Gasteiger partial charge in [-0.3, -0.25) is 4.79 Å². The zero-order valence-corrected chi connectivity index (χ0v) is 9.20. The van der Waals surface area contributed by atoms with Crippen LogP contribution in [0.4, 0.5) is 0 Å². The molecule has 1 heterocycles. The molecule has 88 valence electrons. The van der Waals surface area contributed by atoms with Gasteiger partial charge in [0.2, 0.25) is 0 Å². The normalized spacial score (nSPS) is 23.7. The lowest BCUT2D eigenvalue weighted by atomic mass is 10.2. The molecule has 1 atom stereocenters. The zero-order chi connectivity index (χ0) is 11.5. The van der Waals surface area contributed by atoms with Crippen molar-refractivity contribution in [2.75, 3.05) is 26.8 Å². The van der Waals surface area contributed by atoms with E-state index in [9.17, 15) is 13.2 Å². The topological polar surface area (TPSA) is 98.9 Å². The molecule has 1 saturated heterocycles. The average Bonchev–Trinajstić information content (AvgIpc) is 2.17. The van der Waals surface area contributed by atoms with E-state index in [0.717, 1.165) is 4.31 Å². The molecule has 2 N–H and O–H groups in total. The number of rotatable bonds is 3. The highest BCUT2D eigenvalue weighted by molar-refractivity contribution is 7.86. The van der Waals surface area contributed by atoms with Crippen LogP contribution < -0.4 is 5.14 Å². The van der Waals surface area contributed by atoms with Gasteiger partial charge >= 0.3 is 5.97 Å². The molecule has 0 aliphatic carbocycles. The number of hydrogen-bond acceptors (Lipinski definition) is 5. The molecule has 0 aromatic rings. The number of nitrogens with zero attached hydrogens (tertiary/aromatic N) is 1. The molecule has 15 heavy (non-hydrogen) atoms. The Bertz CT molecular complexity index is 328. The molecule has 1 aliphatic heterocycles. The van der Waals surface area contributed by atoms with Crippen LogP contribution >= 0.6 is 0 Å². The highest BCUT2D eigenvalue weighted by Crippen LogP contribution is 2.10. The smallest absolute Gasteiger partial charge is 0.308 e. The molecule has 1 aliphatic rings. The van der Waals surface area contributed by atoms with E-state index in [2.05, 4.69) is 4.74 Å². The maximum absolute atomic E-state index is 11.0. The summed E-state index contributed by atoms with van der Waals surface area (Å²) in [5.41, 5.74) is 0. The van der Waals surface area contributed by atoms with Crippen molar-refractivity contribution in [1.82, 2.24) is 4.31 Å². The molecule has 7 nitrogen and oxygen atoms in total. The standard InChI is InChI=1S/C7H14N2O5S/c1-13-7(10)4-6-5-9(2-3-14-6)15(8,11)12/h6H,2-5H2,1H3,(H2,8,11,12). The van der Waals surface area contributed by atoms with E-state index in [1.54, 1.807) is 0 Å². The molecular weight excluding hydrogens is 224 g/mol. The predicted octanol–water partition coefficient (Wildman–Crippen LogP) is -1.55. The Labute approximate surface area is 88.3 Å². The molecule has 0 radical (unpaired) electrons. The highest BCUT2D eigenvalue weighted by atomic mass is 32.2. The van der Waals surface area contributed by atoms with Crippen molar-refractivity contribution in [3.8, 4) is 0 Å². The summed E-state index contributed by atoms with van der Waals surface area (Å²) in [5.74, 6) is -0.434. The monoisotopic (exact) mass is 238 g/mol. The Morgan fingerprint density at radius 3 is 2.87 bits per heavy atom. The second-order valence-electron chi connectivity index (χ2n) is 3.18. The van der Waals surface area contributed by atoms with Crippen LogP contribution in [0.25, 0.3) is 0 Å². The van der Waals surface area contributed by atoms with Crippen LogP contribution in [0.15, 0.2) is 0 Å². The van der Waals surface area contributed by atoms with Crippen molar-refractivity contribution >= 4 is 16.2 Å². The Morgan fingerprint density at radius 1 is 1.67 bits per heavy atom. The fourth-order valence-electron chi connectivity index (χ4n) is 1.32. The summed E-state index contributed by atoms with van der Waals surface area (Å²) in [6.45, 7) is 0.544. The van der Waals surface area contributed by atoms with Gasteiger partial charge in [0, 0.05) is 13.1 Å². The van der Waals surface area contributed by atoms with E-state index in [0.29, 0.717) is 0 Å². The fraction of sp³-hybridized carbons (Fsp3) is 0.857. The first-order valence-corrected chi connectivity index (χ1v) is 5.90. The van der Waals surface area contributed by atoms with Crippen molar-refractivity contribution in [1.29, 1.82) is 0 Å². The van der Waals surface area contributed by atoms with Crippen molar-refractivity contribution in [3.05, 3.63) is 0 Å². The molecule has 1 rings (SSSR count). The number of methoxy groups -OCH3 is 1. The second-order valence-corrected chi connectivity index (χ2v) is 4.72. The van der Waals surface area contributed by atoms with Crippen LogP contribution in [0.5, 0.6) is 0 Å². The molecular formula is C7H14N2O5S. The lowest BCUT2D eigenvalue weighted by molar-refractivity contribution is -0.145. The molecule has 0 bridgehead atoms. The number of carbonyl (C=O) groups excluding carboxylic acids is 1. The van der Waals surface area contributed by atoms with Crippen molar-refractivity contribution < 1.29 is 22.7 Å². The average molecular weight is 238 g/mol. The zero-order valence-electron chi connectivity index (χ0n) is 8.38. The van der Waals surface area contributed by atoms with Gasteiger partial charge in [-0.25, -0.2) is 5.14 Å². The molecule has 8 heteroatoms. The van der Waals surface area contributed by atoms with Crippen LogP contribution in [0.2, 0.25) is 0 Å². The van der Waals surface area contributed by atoms with E-state index in [1.807, 2.05) is 0 Å². The van der Waals surface area contributed by atoms with Gasteiger partial charge in [0.1, 0.15) is 0 Å². The van der Waals surface area contributed by atoms with Gasteiger partial charge in [0.05, 0.1) is 26.2 Å². The minimum absolute atomic E-state index is 0.0303. The van der Waals surface area contributed by atoms with E-state index >= 15 is 0 Å². The SMILES string of the molecule is COC(=O)CC1CN(S(N)(=O)=O)CCO1. The van der Waals surface area contributed by atoms with Gasteiger partial charge in [-0.2, -0.15) is 12.7 Å². The number of esters is 1. The van der Waals surface area contributed by atoms with E-state index in [4.69, 9.17) is 9.88 Å². The largest absolute Gasteiger partial charge is 0.469 e. The van der Waals surface area contributed by atoms with Crippen LogP contribution in [0.3, 0.4) is 0 Å². The molecule has 1 fully saturated rings. The maximum atomic E-state index is 11.0. The minimum Gasteiger partial charge on any atom is -0.469 e. The van der Waals surface area contributed by atoms with Crippen LogP contribution in [0, 0.1) is 0 Å². The predicted molar refractivity (Wildman–Crippen MR) is 51.1 cm³/mol. The van der Waals surface area contributed by atoms with Gasteiger partial charge in [-0.05, 0) is 0 Å². The number of carbonyl (C=O) groups is 1. The molecule has 0 saturated carbocycles. The van der Waals surface area contributed by atoms with E-state index in [1.165, 1.54) is 7.11 Å². The Balaban J connectivity index is 2.53. The summed E-state index contributed by atoms with van der Waals surface area (Å²) in [4.78, 5) is 10.9. The van der Waals surface area contributed by atoms with Gasteiger partial charge < -0.3 is 9.47 Å². The van der Waals surface area contributed by atoms with Gasteiger partial charge in [0.15, 0.2) is 0 Å². The number of hydrogen-bond donors (Lipinski definition) is 1. The summed E-state index contributed by atoms with van der Waals surface area (Å²) in [6, 6.07) is 0. The lowest BCUT2D eigenvalue weighted by Gasteiger charge is -2.30. The van der Waals surface area contributed by atoms with Gasteiger partial charge in [-0.1, -0.05) is 0 Å². The van der Waals surface area contributed by atoms with Crippen LogP contribution in [-0.4, -0.2) is 51.6 Å². The summed E-state index contributed by atoms with van der Waals surface area (Å²) >= 11 is 0. The minimum atomic E-state index is -3.70. The second kappa shape index (κ2) is 4.88.